The van der Waals surface area contributed by atoms with Gasteiger partial charge in [0, 0.05) is 62.5 Å². The van der Waals surface area contributed by atoms with Crippen LogP contribution in [0.1, 0.15) is 42.2 Å². The molecule has 5 heterocycles. The zero-order chi connectivity index (χ0) is 23.2. The van der Waals surface area contributed by atoms with E-state index >= 15 is 0 Å². The highest BCUT2D eigenvalue weighted by molar-refractivity contribution is 7.15. The van der Waals surface area contributed by atoms with Crippen LogP contribution in [-0.2, 0) is 22.6 Å². The second-order valence-corrected chi connectivity index (χ2v) is 10.3. The number of aryl methyl sites for hydroxylation is 1. The summed E-state index contributed by atoms with van der Waals surface area (Å²) in [5.41, 5.74) is 4.11. The van der Waals surface area contributed by atoms with Crippen LogP contribution in [0.5, 0.6) is 0 Å². The Bertz CT molecular complexity index is 1390. The minimum atomic E-state index is 0.107. The van der Waals surface area contributed by atoms with Crippen LogP contribution in [0.25, 0.3) is 32.6 Å². The highest BCUT2D eigenvalue weighted by Gasteiger charge is 2.30. The Kier molecular flexibility index (Phi) is 5.42. The predicted molar refractivity (Wildman–Crippen MR) is 133 cm³/mol. The first-order valence-corrected chi connectivity index (χ1v) is 12.6. The summed E-state index contributed by atoms with van der Waals surface area (Å²) in [7, 11) is 0. The van der Waals surface area contributed by atoms with Crippen molar-refractivity contribution in [2.75, 3.05) is 19.8 Å². The van der Waals surface area contributed by atoms with Crippen molar-refractivity contribution in [1.82, 2.24) is 24.4 Å². The molecule has 0 aliphatic carbocycles. The molecule has 7 nitrogen and oxygen atoms in total. The molecular formula is C26H27N5O2S. The largest absolute Gasteiger partial charge is 0.381 e. The van der Waals surface area contributed by atoms with Gasteiger partial charge in [-0.2, -0.15) is 0 Å². The predicted octanol–water partition coefficient (Wildman–Crippen LogP) is 4.79. The van der Waals surface area contributed by atoms with Crippen LogP contribution in [0.2, 0.25) is 0 Å². The lowest BCUT2D eigenvalue weighted by atomic mass is 9.99. The number of hydrogen-bond donors (Lipinski definition) is 0. The molecule has 1 fully saturated rings. The Hall–Kier alpha value is -3.10. The molecule has 6 rings (SSSR count). The fourth-order valence-corrected chi connectivity index (χ4v) is 5.89. The van der Waals surface area contributed by atoms with E-state index in [0.29, 0.717) is 12.5 Å². The Balaban J connectivity index is 1.49. The number of carbonyl (C=O) groups is 1. The summed E-state index contributed by atoms with van der Waals surface area (Å²) in [5.74, 6) is 1.63. The number of hydrogen-bond acceptors (Lipinski definition) is 6. The summed E-state index contributed by atoms with van der Waals surface area (Å²) < 4.78 is 7.98. The van der Waals surface area contributed by atoms with E-state index in [4.69, 9.17) is 14.7 Å². The van der Waals surface area contributed by atoms with Crippen molar-refractivity contribution in [3.63, 3.8) is 0 Å². The lowest BCUT2D eigenvalue weighted by Gasteiger charge is -2.30. The van der Waals surface area contributed by atoms with Gasteiger partial charge in [0.15, 0.2) is 0 Å². The summed E-state index contributed by atoms with van der Waals surface area (Å²) >= 11 is 1.65. The SMILES string of the molecule is CC(=O)N1CCn2c(C3CCOCC3)nc(-c3cccc4cc(-c5cnc(C)s5)ncc34)c2C1. The maximum absolute atomic E-state index is 12.2. The number of carbonyl (C=O) groups excluding carboxylic acids is 1. The first-order chi connectivity index (χ1) is 16.6. The maximum Gasteiger partial charge on any atom is 0.219 e. The van der Waals surface area contributed by atoms with E-state index in [1.54, 1.807) is 18.3 Å². The maximum atomic E-state index is 12.2. The second-order valence-electron chi connectivity index (χ2n) is 9.08. The zero-order valence-corrected chi connectivity index (χ0v) is 20.3. The quantitative estimate of drug-likeness (QED) is 0.428. The van der Waals surface area contributed by atoms with E-state index in [1.165, 1.54) is 0 Å². The van der Waals surface area contributed by atoms with Gasteiger partial charge >= 0.3 is 0 Å². The van der Waals surface area contributed by atoms with Crippen molar-refractivity contribution in [2.45, 2.75) is 45.7 Å². The second kappa shape index (κ2) is 8.60. The molecule has 2 aliphatic rings. The van der Waals surface area contributed by atoms with Crippen LogP contribution in [0.15, 0.2) is 36.7 Å². The van der Waals surface area contributed by atoms with Crippen LogP contribution < -0.4 is 0 Å². The van der Waals surface area contributed by atoms with Crippen LogP contribution in [0, 0.1) is 6.92 Å². The molecule has 1 saturated heterocycles. The van der Waals surface area contributed by atoms with Gasteiger partial charge in [-0.3, -0.25) is 9.78 Å². The molecule has 8 heteroatoms. The van der Waals surface area contributed by atoms with Crippen LogP contribution in [0.3, 0.4) is 0 Å². The fourth-order valence-electron chi connectivity index (χ4n) is 5.14. The fraction of sp³-hybridized carbons (Fsp3) is 0.385. The molecule has 2 aliphatic heterocycles. The van der Waals surface area contributed by atoms with Gasteiger partial charge in [0.25, 0.3) is 0 Å². The van der Waals surface area contributed by atoms with E-state index in [1.807, 2.05) is 24.2 Å². The number of imidazole rings is 1. The van der Waals surface area contributed by atoms with E-state index < -0.39 is 0 Å². The Morgan fingerprint density at radius 3 is 2.76 bits per heavy atom. The molecule has 0 unspecified atom stereocenters. The van der Waals surface area contributed by atoms with Crippen molar-refractivity contribution < 1.29 is 9.53 Å². The first kappa shape index (κ1) is 21.4. The third-order valence-electron chi connectivity index (χ3n) is 6.96. The van der Waals surface area contributed by atoms with Crippen LogP contribution in [-0.4, -0.2) is 50.1 Å². The number of ether oxygens (including phenoxy) is 1. The van der Waals surface area contributed by atoms with Crippen molar-refractivity contribution in [1.29, 1.82) is 0 Å². The third-order valence-corrected chi connectivity index (χ3v) is 7.90. The highest BCUT2D eigenvalue weighted by atomic mass is 32.1. The zero-order valence-electron chi connectivity index (χ0n) is 19.5. The van der Waals surface area contributed by atoms with Crippen molar-refractivity contribution in [2.24, 2.45) is 0 Å². The molecule has 174 valence electrons. The Morgan fingerprint density at radius 2 is 2.00 bits per heavy atom. The third kappa shape index (κ3) is 3.71. The normalized spacial score (nSPS) is 16.7. The number of pyridine rings is 1. The highest BCUT2D eigenvalue weighted by Crippen LogP contribution is 2.37. The minimum absolute atomic E-state index is 0.107. The number of benzene rings is 1. The molecule has 3 aromatic heterocycles. The van der Waals surface area contributed by atoms with Gasteiger partial charge in [-0.25, -0.2) is 9.97 Å². The van der Waals surface area contributed by atoms with Crippen molar-refractivity contribution in [3.8, 4) is 21.8 Å². The Morgan fingerprint density at radius 1 is 1.15 bits per heavy atom. The van der Waals surface area contributed by atoms with Crippen molar-refractivity contribution >= 4 is 28.0 Å². The summed E-state index contributed by atoms with van der Waals surface area (Å²) in [5, 5.41) is 3.24. The summed E-state index contributed by atoms with van der Waals surface area (Å²) in [6, 6.07) is 8.48. The summed E-state index contributed by atoms with van der Waals surface area (Å²) in [6.07, 6.45) is 5.82. The van der Waals surface area contributed by atoms with Crippen molar-refractivity contribution in [3.05, 3.63) is 53.2 Å². The number of rotatable bonds is 3. The Labute approximate surface area is 202 Å². The van der Waals surface area contributed by atoms with E-state index in [9.17, 15) is 4.79 Å². The summed E-state index contributed by atoms with van der Waals surface area (Å²) in [4.78, 5) is 29.6. The average molecular weight is 474 g/mol. The van der Waals surface area contributed by atoms with Gasteiger partial charge in [0.2, 0.25) is 5.91 Å². The molecule has 0 saturated carbocycles. The number of amides is 1. The lowest BCUT2D eigenvalue weighted by molar-refractivity contribution is -0.130. The van der Waals surface area contributed by atoms with Crippen LogP contribution in [0.4, 0.5) is 0 Å². The summed E-state index contributed by atoms with van der Waals surface area (Å²) in [6.45, 7) is 7.31. The van der Waals surface area contributed by atoms with Gasteiger partial charge in [-0.1, -0.05) is 18.2 Å². The van der Waals surface area contributed by atoms with E-state index in [-0.39, 0.29) is 5.91 Å². The monoisotopic (exact) mass is 473 g/mol. The van der Waals surface area contributed by atoms with Gasteiger partial charge < -0.3 is 14.2 Å². The first-order valence-electron chi connectivity index (χ1n) is 11.8. The van der Waals surface area contributed by atoms with E-state index in [2.05, 4.69) is 33.8 Å². The molecule has 1 aromatic carbocycles. The average Bonchev–Trinajstić information content (AvgIpc) is 3.47. The molecule has 0 bridgehead atoms. The molecule has 0 N–H and O–H groups in total. The topological polar surface area (TPSA) is 73.1 Å². The number of fused-ring (bicyclic) bond motifs is 2. The molecule has 0 radical (unpaired) electrons. The van der Waals surface area contributed by atoms with Gasteiger partial charge in [0.1, 0.15) is 5.82 Å². The van der Waals surface area contributed by atoms with E-state index in [0.717, 1.165) is 88.3 Å². The van der Waals surface area contributed by atoms with Gasteiger partial charge in [0.05, 0.1) is 33.5 Å². The molecule has 4 aromatic rings. The molecule has 0 spiro atoms. The molecule has 0 atom stereocenters. The number of thiazole rings is 1. The smallest absolute Gasteiger partial charge is 0.219 e. The number of nitrogens with zero attached hydrogens (tertiary/aromatic N) is 5. The molecular weight excluding hydrogens is 446 g/mol. The molecule has 34 heavy (non-hydrogen) atoms. The standard InChI is InChI=1S/C26H27N5O2S/c1-16-27-14-24(34-16)22-12-19-4-3-5-20(21(19)13-28-22)25-23-15-30(17(2)32)8-9-31(23)26(29-25)18-6-10-33-11-7-18/h3-5,12-14,18H,6-11,15H2,1-2H3. The number of aromatic nitrogens is 4. The molecule has 1 amide bonds. The van der Waals surface area contributed by atoms with Gasteiger partial charge in [-0.15, -0.1) is 11.3 Å². The minimum Gasteiger partial charge on any atom is -0.381 e. The lowest BCUT2D eigenvalue weighted by Crippen LogP contribution is -2.37. The van der Waals surface area contributed by atoms with Crippen LogP contribution >= 0.6 is 11.3 Å². The van der Waals surface area contributed by atoms with Gasteiger partial charge in [-0.05, 0) is 31.2 Å².